The Labute approximate surface area is 129 Å². The van der Waals surface area contributed by atoms with E-state index in [4.69, 9.17) is 0 Å². The molecule has 1 aromatic rings. The molecule has 0 aliphatic heterocycles. The number of nitrogens with one attached hydrogen (secondary N) is 3. The van der Waals surface area contributed by atoms with Gasteiger partial charge in [-0.15, -0.1) is 0 Å². The van der Waals surface area contributed by atoms with E-state index in [-0.39, 0.29) is 5.54 Å². The molecule has 0 amide bonds. The molecule has 1 heterocycles. The highest BCUT2D eigenvalue weighted by atomic mass is 32.2. The number of sulfonamides is 1. The van der Waals surface area contributed by atoms with E-state index < -0.39 is 10.0 Å². The zero-order chi connectivity index (χ0) is 15.9. The van der Waals surface area contributed by atoms with Crippen LogP contribution in [-0.4, -0.2) is 25.5 Å². The van der Waals surface area contributed by atoms with E-state index in [1.165, 1.54) is 0 Å². The second-order valence-corrected chi connectivity index (χ2v) is 7.17. The zero-order valence-electron chi connectivity index (χ0n) is 13.6. The summed E-state index contributed by atoms with van der Waals surface area (Å²) in [6.07, 6.45) is 4.98. The van der Waals surface area contributed by atoms with Crippen LogP contribution in [0.4, 0.5) is 0 Å². The molecule has 3 N–H and O–H groups in total. The van der Waals surface area contributed by atoms with Crippen molar-refractivity contribution in [2.45, 2.75) is 70.4 Å². The molecular weight excluding hydrogens is 286 g/mol. The zero-order valence-corrected chi connectivity index (χ0v) is 14.4. The van der Waals surface area contributed by atoms with Gasteiger partial charge in [-0.2, -0.15) is 0 Å². The number of aromatic amines is 1. The second kappa shape index (κ2) is 7.96. The van der Waals surface area contributed by atoms with Crippen molar-refractivity contribution < 1.29 is 8.42 Å². The minimum atomic E-state index is -3.47. The molecule has 0 bridgehead atoms. The van der Waals surface area contributed by atoms with Gasteiger partial charge in [0.15, 0.2) is 0 Å². The van der Waals surface area contributed by atoms with Crippen LogP contribution in [0.3, 0.4) is 0 Å². The van der Waals surface area contributed by atoms with E-state index in [1.807, 2.05) is 20.8 Å². The van der Waals surface area contributed by atoms with Gasteiger partial charge in [-0.25, -0.2) is 13.1 Å². The Morgan fingerprint density at radius 2 is 1.76 bits per heavy atom. The maximum atomic E-state index is 12.5. The lowest BCUT2D eigenvalue weighted by molar-refractivity contribution is 0.341. The Balaban J connectivity index is 2.83. The van der Waals surface area contributed by atoms with Crippen LogP contribution < -0.4 is 10.0 Å². The average Bonchev–Trinajstić information content (AvgIpc) is 2.95. The van der Waals surface area contributed by atoms with E-state index in [2.05, 4.69) is 21.9 Å². The summed E-state index contributed by atoms with van der Waals surface area (Å²) >= 11 is 0. The van der Waals surface area contributed by atoms with Gasteiger partial charge in [-0.1, -0.05) is 27.7 Å². The summed E-state index contributed by atoms with van der Waals surface area (Å²) in [4.78, 5) is 3.34. The topological polar surface area (TPSA) is 74.0 Å². The Morgan fingerprint density at radius 3 is 2.29 bits per heavy atom. The van der Waals surface area contributed by atoms with Crippen LogP contribution in [0.2, 0.25) is 0 Å². The van der Waals surface area contributed by atoms with Crippen LogP contribution in [-0.2, 0) is 16.6 Å². The molecule has 0 aromatic carbocycles. The number of H-pyrrole nitrogens is 1. The SMILES string of the molecule is CCCNCc1cc(S(=O)(=O)NC(CC)(CC)CC)c[nH]1. The third-order valence-electron chi connectivity index (χ3n) is 4.15. The van der Waals surface area contributed by atoms with Crippen molar-refractivity contribution in [1.29, 1.82) is 0 Å². The number of hydrogen-bond acceptors (Lipinski definition) is 3. The van der Waals surface area contributed by atoms with E-state index >= 15 is 0 Å². The maximum Gasteiger partial charge on any atom is 0.242 e. The lowest BCUT2D eigenvalue weighted by Crippen LogP contribution is -2.46. The summed E-state index contributed by atoms with van der Waals surface area (Å²) in [5, 5.41) is 3.25. The van der Waals surface area contributed by atoms with E-state index in [9.17, 15) is 8.42 Å². The van der Waals surface area contributed by atoms with E-state index in [0.717, 1.165) is 37.9 Å². The number of rotatable bonds is 10. The third-order valence-corrected chi connectivity index (χ3v) is 5.71. The molecular formula is C15H29N3O2S. The Kier molecular flexibility index (Phi) is 6.90. The molecule has 122 valence electrons. The van der Waals surface area contributed by atoms with Crippen LogP contribution in [0, 0.1) is 0 Å². The Morgan fingerprint density at radius 1 is 1.14 bits per heavy atom. The van der Waals surface area contributed by atoms with Crippen molar-refractivity contribution >= 4 is 10.0 Å². The predicted molar refractivity (Wildman–Crippen MR) is 86.7 cm³/mol. The standard InChI is InChI=1S/C15H29N3O2S/c1-5-9-16-11-13-10-14(12-17-13)21(19,20)18-15(6-2,7-3)8-4/h10,12,16-18H,5-9,11H2,1-4H3. The van der Waals surface area contributed by atoms with Gasteiger partial charge in [0.05, 0.1) is 4.90 Å². The van der Waals surface area contributed by atoms with Crippen molar-refractivity contribution in [3.8, 4) is 0 Å². The first-order valence-electron chi connectivity index (χ1n) is 7.85. The summed E-state index contributed by atoms with van der Waals surface area (Å²) < 4.78 is 27.9. The highest BCUT2D eigenvalue weighted by Crippen LogP contribution is 2.23. The molecule has 0 saturated carbocycles. The second-order valence-electron chi connectivity index (χ2n) is 5.48. The van der Waals surface area contributed by atoms with Gasteiger partial charge in [0.1, 0.15) is 0 Å². The van der Waals surface area contributed by atoms with Gasteiger partial charge in [-0.3, -0.25) is 0 Å². The van der Waals surface area contributed by atoms with Crippen molar-refractivity contribution in [1.82, 2.24) is 15.0 Å². The van der Waals surface area contributed by atoms with Crippen molar-refractivity contribution in [3.63, 3.8) is 0 Å². The molecule has 0 fully saturated rings. The quantitative estimate of drug-likeness (QED) is 0.581. The minimum absolute atomic E-state index is 0.315. The predicted octanol–water partition coefficient (Wildman–Crippen LogP) is 2.76. The van der Waals surface area contributed by atoms with Crippen LogP contribution in [0.5, 0.6) is 0 Å². The van der Waals surface area contributed by atoms with E-state index in [1.54, 1.807) is 12.3 Å². The van der Waals surface area contributed by atoms with E-state index in [0.29, 0.717) is 11.4 Å². The van der Waals surface area contributed by atoms with Crippen molar-refractivity contribution in [2.24, 2.45) is 0 Å². The van der Waals surface area contributed by atoms with Gasteiger partial charge >= 0.3 is 0 Å². The van der Waals surface area contributed by atoms with Gasteiger partial charge < -0.3 is 10.3 Å². The Hall–Kier alpha value is -0.850. The molecule has 5 nitrogen and oxygen atoms in total. The molecule has 0 saturated heterocycles. The summed E-state index contributed by atoms with van der Waals surface area (Å²) in [6.45, 7) is 9.74. The molecule has 0 unspecified atom stereocenters. The summed E-state index contributed by atoms with van der Waals surface area (Å²) in [5.74, 6) is 0. The molecule has 21 heavy (non-hydrogen) atoms. The average molecular weight is 315 g/mol. The first-order valence-corrected chi connectivity index (χ1v) is 9.33. The molecule has 1 rings (SSSR count). The Bertz CT molecular complexity index is 511. The first-order chi connectivity index (χ1) is 9.93. The summed E-state index contributed by atoms with van der Waals surface area (Å²) in [6, 6.07) is 1.71. The fourth-order valence-corrected chi connectivity index (χ4v) is 4.02. The molecule has 0 atom stereocenters. The third kappa shape index (κ3) is 4.83. The lowest BCUT2D eigenvalue weighted by Gasteiger charge is -2.31. The largest absolute Gasteiger partial charge is 0.363 e. The molecule has 0 radical (unpaired) electrons. The van der Waals surface area contributed by atoms with Gasteiger partial charge in [0.2, 0.25) is 10.0 Å². The highest BCUT2D eigenvalue weighted by Gasteiger charge is 2.30. The molecule has 6 heteroatoms. The number of hydrogen-bond donors (Lipinski definition) is 3. The molecule has 0 aliphatic carbocycles. The number of aromatic nitrogens is 1. The molecule has 0 spiro atoms. The fraction of sp³-hybridized carbons (Fsp3) is 0.733. The van der Waals surface area contributed by atoms with Crippen molar-refractivity contribution in [3.05, 3.63) is 18.0 Å². The fourth-order valence-electron chi connectivity index (χ4n) is 2.39. The highest BCUT2D eigenvalue weighted by molar-refractivity contribution is 7.89. The van der Waals surface area contributed by atoms with Gasteiger partial charge in [0.25, 0.3) is 0 Å². The minimum Gasteiger partial charge on any atom is -0.363 e. The molecule has 0 aliphatic rings. The normalized spacial score (nSPS) is 12.8. The van der Waals surface area contributed by atoms with Crippen LogP contribution >= 0.6 is 0 Å². The monoisotopic (exact) mass is 315 g/mol. The summed E-state index contributed by atoms with van der Waals surface area (Å²) in [7, 11) is -3.47. The van der Waals surface area contributed by atoms with Gasteiger partial charge in [0, 0.05) is 24.0 Å². The van der Waals surface area contributed by atoms with Crippen LogP contribution in [0.25, 0.3) is 0 Å². The maximum absolute atomic E-state index is 12.5. The van der Waals surface area contributed by atoms with Crippen LogP contribution in [0.15, 0.2) is 17.2 Å². The lowest BCUT2D eigenvalue weighted by atomic mass is 9.91. The summed E-state index contributed by atoms with van der Waals surface area (Å²) in [5.41, 5.74) is 0.537. The molecule has 1 aromatic heterocycles. The van der Waals surface area contributed by atoms with Gasteiger partial charge in [-0.05, 0) is 38.3 Å². The van der Waals surface area contributed by atoms with Crippen molar-refractivity contribution in [2.75, 3.05) is 6.54 Å². The first kappa shape index (κ1) is 18.2. The van der Waals surface area contributed by atoms with Crippen LogP contribution in [0.1, 0.15) is 59.1 Å². The smallest absolute Gasteiger partial charge is 0.242 e.